The van der Waals surface area contributed by atoms with E-state index in [0.29, 0.717) is 24.0 Å². The highest BCUT2D eigenvalue weighted by molar-refractivity contribution is 7.86. The number of hydrogen-bond donors (Lipinski definition) is 1. The molecule has 2 aromatic carbocycles. The van der Waals surface area contributed by atoms with Crippen LogP contribution in [-0.4, -0.2) is 39.4 Å². The molecule has 146 valence electrons. The van der Waals surface area contributed by atoms with E-state index in [1.54, 1.807) is 18.2 Å². The number of hydrogen-bond acceptors (Lipinski definition) is 6. The third-order valence-electron chi connectivity index (χ3n) is 4.18. The van der Waals surface area contributed by atoms with Crippen molar-refractivity contribution < 1.29 is 27.2 Å². The quantitative estimate of drug-likeness (QED) is 0.626. The monoisotopic (exact) mass is 392 g/mol. The van der Waals surface area contributed by atoms with Crippen LogP contribution in [0.15, 0.2) is 53.4 Å². The van der Waals surface area contributed by atoms with E-state index in [1.807, 2.05) is 25.1 Å². The van der Waals surface area contributed by atoms with Gasteiger partial charge >= 0.3 is 0 Å². The third kappa shape index (κ3) is 5.95. The average molecular weight is 392 g/mol. The van der Waals surface area contributed by atoms with Crippen molar-refractivity contribution in [3.05, 3.63) is 54.1 Å². The van der Waals surface area contributed by atoms with E-state index >= 15 is 0 Å². The maximum atomic E-state index is 12.1. The van der Waals surface area contributed by atoms with Crippen LogP contribution < -0.4 is 9.47 Å². The van der Waals surface area contributed by atoms with Gasteiger partial charge in [-0.15, -0.1) is 0 Å². The lowest BCUT2D eigenvalue weighted by atomic mass is 10.2. The standard InChI is InChI=1S/C20H24O6S/c1-15-6-10-18(11-7-15)27(22,23)26-14-17(21)13-25-20-5-3-2-4-19(20)24-12-16-8-9-16/h2-7,10-11,16-17,21H,8-9,12-14H2,1H3/t17-/m0/s1. The first-order valence-corrected chi connectivity index (χ1v) is 10.3. The first-order chi connectivity index (χ1) is 12.9. The second kappa shape index (κ2) is 8.73. The van der Waals surface area contributed by atoms with Crippen LogP contribution in [-0.2, 0) is 14.3 Å². The maximum absolute atomic E-state index is 12.1. The predicted octanol–water partition coefficient (Wildman–Crippen LogP) is 2.93. The molecule has 0 bridgehead atoms. The summed E-state index contributed by atoms with van der Waals surface area (Å²) in [6.45, 7) is 2.03. The number of ether oxygens (including phenoxy) is 2. The van der Waals surface area contributed by atoms with Gasteiger partial charge in [0.1, 0.15) is 12.7 Å². The number of rotatable bonds is 10. The number of para-hydroxylation sites is 2. The van der Waals surface area contributed by atoms with Gasteiger partial charge in [-0.05, 0) is 49.9 Å². The van der Waals surface area contributed by atoms with Crippen molar-refractivity contribution in [3.8, 4) is 11.5 Å². The predicted molar refractivity (Wildman–Crippen MR) is 100 cm³/mol. The highest BCUT2D eigenvalue weighted by Gasteiger charge is 2.23. The number of benzene rings is 2. The van der Waals surface area contributed by atoms with Crippen LogP contribution in [0.3, 0.4) is 0 Å². The molecule has 27 heavy (non-hydrogen) atoms. The van der Waals surface area contributed by atoms with Gasteiger partial charge in [-0.1, -0.05) is 29.8 Å². The van der Waals surface area contributed by atoms with Gasteiger partial charge in [-0.25, -0.2) is 0 Å². The molecule has 0 aliphatic heterocycles. The lowest BCUT2D eigenvalue weighted by Gasteiger charge is -2.15. The number of aryl methyl sites for hydroxylation is 1. The maximum Gasteiger partial charge on any atom is 0.297 e. The Morgan fingerprint density at radius 2 is 1.63 bits per heavy atom. The van der Waals surface area contributed by atoms with Gasteiger partial charge in [0, 0.05) is 0 Å². The van der Waals surface area contributed by atoms with E-state index in [1.165, 1.54) is 25.0 Å². The van der Waals surface area contributed by atoms with Gasteiger partial charge in [-0.2, -0.15) is 8.42 Å². The minimum Gasteiger partial charge on any atom is -0.489 e. The van der Waals surface area contributed by atoms with Gasteiger partial charge in [0.15, 0.2) is 11.5 Å². The molecule has 1 atom stereocenters. The average Bonchev–Trinajstić information content (AvgIpc) is 3.48. The first-order valence-electron chi connectivity index (χ1n) is 8.93. The van der Waals surface area contributed by atoms with E-state index < -0.39 is 16.2 Å². The Bertz CT molecular complexity index is 843. The summed E-state index contributed by atoms with van der Waals surface area (Å²) in [5.74, 6) is 1.74. The zero-order chi connectivity index (χ0) is 19.3. The van der Waals surface area contributed by atoms with Crippen LogP contribution in [0.5, 0.6) is 11.5 Å². The summed E-state index contributed by atoms with van der Waals surface area (Å²) >= 11 is 0. The van der Waals surface area contributed by atoms with Gasteiger partial charge in [-0.3, -0.25) is 4.18 Å². The van der Waals surface area contributed by atoms with Crippen LogP contribution in [0, 0.1) is 12.8 Å². The molecule has 2 aromatic rings. The first kappa shape index (κ1) is 19.7. The highest BCUT2D eigenvalue weighted by Crippen LogP contribution is 2.32. The molecular formula is C20H24O6S. The molecule has 1 aliphatic carbocycles. The van der Waals surface area contributed by atoms with Crippen molar-refractivity contribution in [2.75, 3.05) is 19.8 Å². The molecule has 1 aliphatic rings. The van der Waals surface area contributed by atoms with Gasteiger partial charge < -0.3 is 14.6 Å². The zero-order valence-corrected chi connectivity index (χ0v) is 16.0. The summed E-state index contributed by atoms with van der Waals surface area (Å²) in [7, 11) is -3.91. The lowest BCUT2D eigenvalue weighted by Crippen LogP contribution is -2.25. The van der Waals surface area contributed by atoms with Crippen molar-refractivity contribution in [2.45, 2.75) is 30.8 Å². The smallest absolute Gasteiger partial charge is 0.297 e. The number of aliphatic hydroxyl groups excluding tert-OH is 1. The molecule has 0 spiro atoms. The molecule has 0 unspecified atom stereocenters. The fraction of sp³-hybridized carbons (Fsp3) is 0.400. The summed E-state index contributed by atoms with van der Waals surface area (Å²) < 4.78 is 40.5. The highest BCUT2D eigenvalue weighted by atomic mass is 32.2. The molecule has 1 N–H and O–H groups in total. The summed E-state index contributed by atoms with van der Waals surface area (Å²) in [6, 6.07) is 13.5. The summed E-state index contributed by atoms with van der Waals surface area (Å²) in [4.78, 5) is 0.0556. The number of aliphatic hydroxyl groups is 1. The van der Waals surface area contributed by atoms with Crippen molar-refractivity contribution in [1.29, 1.82) is 0 Å². The van der Waals surface area contributed by atoms with Crippen LogP contribution in [0.1, 0.15) is 18.4 Å². The Hall–Kier alpha value is -2.09. The van der Waals surface area contributed by atoms with Crippen molar-refractivity contribution >= 4 is 10.1 Å². The molecule has 0 radical (unpaired) electrons. The summed E-state index contributed by atoms with van der Waals surface area (Å²) in [5.41, 5.74) is 0.949. The lowest BCUT2D eigenvalue weighted by molar-refractivity contribution is 0.0634. The summed E-state index contributed by atoms with van der Waals surface area (Å²) in [5, 5.41) is 10.0. The van der Waals surface area contributed by atoms with Gasteiger partial charge in [0.05, 0.1) is 18.1 Å². The Balaban J connectivity index is 1.49. The van der Waals surface area contributed by atoms with Crippen molar-refractivity contribution in [1.82, 2.24) is 0 Å². The molecule has 1 fully saturated rings. The molecule has 0 amide bonds. The van der Waals surface area contributed by atoms with Crippen LogP contribution in [0.25, 0.3) is 0 Å². The van der Waals surface area contributed by atoms with E-state index in [4.69, 9.17) is 13.7 Å². The molecule has 7 heteroatoms. The third-order valence-corrected chi connectivity index (χ3v) is 5.47. The molecular weight excluding hydrogens is 368 g/mol. The summed E-state index contributed by atoms with van der Waals surface area (Å²) in [6.07, 6.45) is 1.28. The minimum atomic E-state index is -3.91. The van der Waals surface area contributed by atoms with E-state index in [0.717, 1.165) is 5.56 Å². The fourth-order valence-corrected chi connectivity index (χ4v) is 3.30. The second-order valence-electron chi connectivity index (χ2n) is 6.72. The van der Waals surface area contributed by atoms with Crippen LogP contribution in [0.2, 0.25) is 0 Å². The minimum absolute atomic E-state index is 0.0556. The SMILES string of the molecule is Cc1ccc(S(=O)(=O)OC[C@@H](O)COc2ccccc2OCC2CC2)cc1. The van der Waals surface area contributed by atoms with Gasteiger partial charge in [0.2, 0.25) is 0 Å². The van der Waals surface area contributed by atoms with Crippen LogP contribution in [0.4, 0.5) is 0 Å². The zero-order valence-electron chi connectivity index (χ0n) is 15.2. The van der Waals surface area contributed by atoms with Crippen LogP contribution >= 0.6 is 0 Å². The molecule has 0 aromatic heterocycles. The topological polar surface area (TPSA) is 82.1 Å². The normalized spacial score (nSPS) is 15.3. The van der Waals surface area contributed by atoms with Gasteiger partial charge in [0.25, 0.3) is 10.1 Å². The van der Waals surface area contributed by atoms with Crippen molar-refractivity contribution in [3.63, 3.8) is 0 Å². The molecule has 3 rings (SSSR count). The molecule has 0 heterocycles. The molecule has 1 saturated carbocycles. The van der Waals surface area contributed by atoms with Crippen molar-refractivity contribution in [2.24, 2.45) is 5.92 Å². The van der Waals surface area contributed by atoms with E-state index in [-0.39, 0.29) is 18.1 Å². The van der Waals surface area contributed by atoms with E-state index in [9.17, 15) is 13.5 Å². The Morgan fingerprint density at radius 1 is 1.00 bits per heavy atom. The van der Waals surface area contributed by atoms with E-state index in [2.05, 4.69) is 0 Å². The molecule has 6 nitrogen and oxygen atoms in total. The second-order valence-corrected chi connectivity index (χ2v) is 8.33. The Morgan fingerprint density at radius 3 is 2.26 bits per heavy atom. The Kier molecular flexibility index (Phi) is 6.36. The fourth-order valence-electron chi connectivity index (χ4n) is 2.36. The molecule has 0 saturated heterocycles. The Labute approximate surface area is 159 Å². The largest absolute Gasteiger partial charge is 0.489 e.